The fourth-order valence-electron chi connectivity index (χ4n) is 3.01. The molecule has 17 heavy (non-hydrogen) atoms. The molecule has 1 saturated carbocycles. The van der Waals surface area contributed by atoms with Gasteiger partial charge in [-0.2, -0.15) is 0 Å². The lowest BCUT2D eigenvalue weighted by molar-refractivity contribution is 0.344. The van der Waals surface area contributed by atoms with Gasteiger partial charge in [-0.15, -0.1) is 0 Å². The number of hydrogen-bond acceptors (Lipinski definition) is 1. The Balaban J connectivity index is 1.87. The molecule has 0 amide bonds. The summed E-state index contributed by atoms with van der Waals surface area (Å²) < 4.78 is 1.17. The number of rotatable bonds is 4. The summed E-state index contributed by atoms with van der Waals surface area (Å²) in [5.74, 6) is 1.75. The lowest BCUT2D eigenvalue weighted by Crippen LogP contribution is -2.32. The van der Waals surface area contributed by atoms with Gasteiger partial charge in [0, 0.05) is 17.1 Å². The molecule has 1 aliphatic carbocycles. The minimum atomic E-state index is 0.707. The van der Waals surface area contributed by atoms with Crippen molar-refractivity contribution in [2.45, 2.75) is 45.7 Å². The molecule has 0 aliphatic heterocycles. The second-order valence-corrected chi connectivity index (χ2v) is 6.14. The van der Waals surface area contributed by atoms with E-state index in [4.69, 9.17) is 0 Å². The highest BCUT2D eigenvalue weighted by Gasteiger charge is 2.30. The van der Waals surface area contributed by atoms with Gasteiger partial charge >= 0.3 is 0 Å². The van der Waals surface area contributed by atoms with Gasteiger partial charge in [0.2, 0.25) is 0 Å². The molecule has 0 radical (unpaired) electrons. The van der Waals surface area contributed by atoms with Crippen LogP contribution in [-0.4, -0.2) is 6.04 Å². The molecule has 1 aliphatic rings. The molecule has 1 aromatic carbocycles. The van der Waals surface area contributed by atoms with E-state index >= 15 is 0 Å². The summed E-state index contributed by atoms with van der Waals surface area (Å²) in [4.78, 5) is 0. The molecule has 3 unspecified atom stereocenters. The van der Waals surface area contributed by atoms with E-state index in [1.54, 1.807) is 0 Å². The van der Waals surface area contributed by atoms with Crippen LogP contribution in [0, 0.1) is 11.8 Å². The van der Waals surface area contributed by atoms with Crippen LogP contribution < -0.4 is 5.32 Å². The highest BCUT2D eigenvalue weighted by molar-refractivity contribution is 9.10. The maximum Gasteiger partial charge on any atom is 0.0208 e. The number of hydrogen-bond donors (Lipinski definition) is 1. The van der Waals surface area contributed by atoms with Crippen molar-refractivity contribution >= 4 is 15.9 Å². The summed E-state index contributed by atoms with van der Waals surface area (Å²) in [6.45, 7) is 5.71. The van der Waals surface area contributed by atoms with E-state index < -0.39 is 0 Å². The van der Waals surface area contributed by atoms with Gasteiger partial charge in [0.25, 0.3) is 0 Å². The Morgan fingerprint density at radius 3 is 2.82 bits per heavy atom. The van der Waals surface area contributed by atoms with Crippen LogP contribution in [0.25, 0.3) is 0 Å². The number of halogens is 1. The number of nitrogens with one attached hydrogen (secondary N) is 1. The monoisotopic (exact) mass is 295 g/mol. The fraction of sp³-hybridized carbons (Fsp3) is 0.600. The molecular weight excluding hydrogens is 274 g/mol. The summed E-state index contributed by atoms with van der Waals surface area (Å²) >= 11 is 3.52. The third kappa shape index (κ3) is 3.32. The molecule has 0 heterocycles. The van der Waals surface area contributed by atoms with Crippen molar-refractivity contribution in [3.8, 4) is 0 Å². The van der Waals surface area contributed by atoms with Gasteiger partial charge in [-0.1, -0.05) is 48.3 Å². The van der Waals surface area contributed by atoms with E-state index in [1.807, 2.05) is 0 Å². The molecule has 1 N–H and O–H groups in total. The van der Waals surface area contributed by atoms with Gasteiger partial charge in [-0.25, -0.2) is 0 Å². The zero-order valence-corrected chi connectivity index (χ0v) is 12.3. The molecule has 1 fully saturated rings. The molecule has 0 bridgehead atoms. The van der Waals surface area contributed by atoms with Crippen molar-refractivity contribution in [1.29, 1.82) is 0 Å². The maximum absolute atomic E-state index is 3.72. The highest BCUT2D eigenvalue weighted by Crippen LogP contribution is 2.33. The summed E-state index contributed by atoms with van der Waals surface area (Å²) in [5.41, 5.74) is 1.37. The minimum absolute atomic E-state index is 0.707. The van der Waals surface area contributed by atoms with Crippen LogP contribution in [0.4, 0.5) is 0 Å². The van der Waals surface area contributed by atoms with Crippen molar-refractivity contribution in [2.24, 2.45) is 11.8 Å². The Morgan fingerprint density at radius 1 is 1.35 bits per heavy atom. The Bertz CT molecular complexity index is 364. The average molecular weight is 296 g/mol. The fourth-order valence-corrected chi connectivity index (χ4v) is 3.45. The predicted molar refractivity (Wildman–Crippen MR) is 76.9 cm³/mol. The first-order chi connectivity index (χ1) is 8.20. The molecule has 2 heteroatoms. The second-order valence-electron chi connectivity index (χ2n) is 5.22. The molecule has 2 rings (SSSR count). The highest BCUT2D eigenvalue weighted by atomic mass is 79.9. The van der Waals surface area contributed by atoms with E-state index in [0.29, 0.717) is 6.04 Å². The lowest BCUT2D eigenvalue weighted by Gasteiger charge is -2.21. The standard InChI is InChI=1S/C15H22BrN/c1-3-13-7-8-15(11(13)2)17-10-12-5-4-6-14(16)9-12/h4-6,9,11,13,15,17H,3,7-8,10H2,1-2H3. The minimum Gasteiger partial charge on any atom is -0.310 e. The summed E-state index contributed by atoms with van der Waals surface area (Å²) in [6, 6.07) is 9.28. The molecule has 3 atom stereocenters. The first kappa shape index (κ1) is 13.1. The molecule has 1 nitrogen and oxygen atoms in total. The Hall–Kier alpha value is -0.340. The van der Waals surface area contributed by atoms with E-state index in [1.165, 1.54) is 29.3 Å². The summed E-state index contributed by atoms with van der Waals surface area (Å²) in [6.07, 6.45) is 4.07. The molecule has 1 aromatic rings. The Labute approximate surface area is 113 Å². The van der Waals surface area contributed by atoms with Crippen LogP contribution in [0.2, 0.25) is 0 Å². The third-order valence-corrected chi connectivity index (χ3v) is 4.70. The molecule has 0 aromatic heterocycles. The van der Waals surface area contributed by atoms with Gasteiger partial charge in [0.1, 0.15) is 0 Å². The van der Waals surface area contributed by atoms with Gasteiger partial charge in [0.05, 0.1) is 0 Å². The van der Waals surface area contributed by atoms with Crippen molar-refractivity contribution < 1.29 is 0 Å². The van der Waals surface area contributed by atoms with Gasteiger partial charge in [0.15, 0.2) is 0 Å². The first-order valence-electron chi connectivity index (χ1n) is 6.68. The van der Waals surface area contributed by atoms with E-state index in [9.17, 15) is 0 Å². The zero-order chi connectivity index (χ0) is 12.3. The molecule has 0 spiro atoms. The first-order valence-corrected chi connectivity index (χ1v) is 7.47. The predicted octanol–water partition coefficient (Wildman–Crippen LogP) is 4.36. The van der Waals surface area contributed by atoms with Crippen molar-refractivity contribution in [3.63, 3.8) is 0 Å². The smallest absolute Gasteiger partial charge is 0.0208 e. The normalized spacial score (nSPS) is 28.5. The molecular formula is C15H22BrN. The lowest BCUT2D eigenvalue weighted by atomic mass is 9.93. The van der Waals surface area contributed by atoms with Crippen molar-refractivity contribution in [3.05, 3.63) is 34.3 Å². The molecule has 94 valence electrons. The van der Waals surface area contributed by atoms with Crippen LogP contribution in [0.15, 0.2) is 28.7 Å². The molecule has 0 saturated heterocycles. The summed E-state index contributed by atoms with van der Waals surface area (Å²) in [7, 11) is 0. The van der Waals surface area contributed by atoms with Gasteiger partial charge < -0.3 is 5.32 Å². The van der Waals surface area contributed by atoms with E-state index in [2.05, 4.69) is 59.4 Å². The second kappa shape index (κ2) is 6.01. The van der Waals surface area contributed by atoms with Crippen molar-refractivity contribution in [2.75, 3.05) is 0 Å². The number of benzene rings is 1. The quantitative estimate of drug-likeness (QED) is 0.870. The SMILES string of the molecule is CCC1CCC(NCc2cccc(Br)c2)C1C. The Kier molecular flexibility index (Phi) is 4.63. The van der Waals surface area contributed by atoms with Crippen molar-refractivity contribution in [1.82, 2.24) is 5.32 Å². The van der Waals surface area contributed by atoms with E-state index in [0.717, 1.165) is 18.4 Å². The van der Waals surface area contributed by atoms with Crippen LogP contribution >= 0.6 is 15.9 Å². The summed E-state index contributed by atoms with van der Waals surface area (Å²) in [5, 5.41) is 3.72. The van der Waals surface area contributed by atoms with E-state index in [-0.39, 0.29) is 0 Å². The topological polar surface area (TPSA) is 12.0 Å². The zero-order valence-electron chi connectivity index (χ0n) is 10.7. The largest absolute Gasteiger partial charge is 0.310 e. The van der Waals surface area contributed by atoms with Gasteiger partial charge in [-0.05, 0) is 42.4 Å². The average Bonchev–Trinajstić information content (AvgIpc) is 2.67. The van der Waals surface area contributed by atoms with Crippen LogP contribution in [0.3, 0.4) is 0 Å². The Morgan fingerprint density at radius 2 is 2.18 bits per heavy atom. The van der Waals surface area contributed by atoms with Crippen LogP contribution in [-0.2, 0) is 6.54 Å². The van der Waals surface area contributed by atoms with Gasteiger partial charge in [-0.3, -0.25) is 0 Å². The van der Waals surface area contributed by atoms with Crippen LogP contribution in [0.1, 0.15) is 38.7 Å². The maximum atomic E-state index is 3.72. The third-order valence-electron chi connectivity index (χ3n) is 4.21. The van der Waals surface area contributed by atoms with Crippen LogP contribution in [0.5, 0.6) is 0 Å².